The van der Waals surface area contributed by atoms with Gasteiger partial charge < -0.3 is 10.2 Å². The predicted molar refractivity (Wildman–Crippen MR) is 86.7 cm³/mol. The molecule has 1 aliphatic rings. The van der Waals surface area contributed by atoms with Crippen molar-refractivity contribution in [3.8, 4) is 6.07 Å². The number of aryl methyl sites for hydroxylation is 1. The van der Waals surface area contributed by atoms with Crippen LogP contribution in [-0.2, 0) is 4.79 Å². The normalized spacial score (nSPS) is 17.2. The van der Waals surface area contributed by atoms with Gasteiger partial charge >= 0.3 is 0 Å². The van der Waals surface area contributed by atoms with Crippen LogP contribution >= 0.6 is 0 Å². The largest absolute Gasteiger partial charge is 0.372 e. The van der Waals surface area contributed by atoms with Gasteiger partial charge in [0.15, 0.2) is 0 Å². The molecule has 4 nitrogen and oxygen atoms in total. The fraction of sp³-hybridized carbons (Fsp3) is 0.222. The molecule has 0 saturated carbocycles. The molecule has 2 aromatic carbocycles. The third kappa shape index (κ3) is 2.88. The van der Waals surface area contributed by atoms with Crippen LogP contribution < -0.4 is 10.2 Å². The minimum Gasteiger partial charge on any atom is -0.372 e. The van der Waals surface area contributed by atoms with Crippen molar-refractivity contribution < 1.29 is 9.18 Å². The van der Waals surface area contributed by atoms with E-state index in [1.54, 1.807) is 11.0 Å². The Morgan fingerprint density at radius 3 is 2.70 bits per heavy atom. The molecule has 0 aliphatic carbocycles. The first-order valence-electron chi connectivity index (χ1n) is 7.43. The molecule has 1 amide bonds. The molecular formula is C18H16FN3O. The molecule has 1 atom stereocenters. The van der Waals surface area contributed by atoms with Crippen molar-refractivity contribution in [2.24, 2.45) is 0 Å². The van der Waals surface area contributed by atoms with Crippen LogP contribution in [0.1, 0.15) is 17.5 Å². The molecule has 23 heavy (non-hydrogen) atoms. The van der Waals surface area contributed by atoms with Gasteiger partial charge in [0.2, 0.25) is 5.91 Å². The number of carbonyl (C=O) groups excluding carboxylic acids is 1. The highest BCUT2D eigenvalue weighted by Crippen LogP contribution is 2.26. The number of carbonyl (C=O) groups is 1. The number of nitrogens with one attached hydrogen (secondary N) is 1. The van der Waals surface area contributed by atoms with E-state index in [4.69, 9.17) is 5.26 Å². The van der Waals surface area contributed by atoms with E-state index in [1.165, 1.54) is 12.1 Å². The van der Waals surface area contributed by atoms with Crippen molar-refractivity contribution in [1.29, 1.82) is 5.26 Å². The molecule has 1 fully saturated rings. The monoisotopic (exact) mass is 309 g/mol. The van der Waals surface area contributed by atoms with Gasteiger partial charge in [0.25, 0.3) is 0 Å². The highest BCUT2D eigenvalue weighted by Gasteiger charge is 2.33. The van der Waals surface area contributed by atoms with E-state index >= 15 is 0 Å². The zero-order valence-corrected chi connectivity index (χ0v) is 12.7. The first kappa shape index (κ1) is 15.0. The summed E-state index contributed by atoms with van der Waals surface area (Å²) in [6, 6.07) is 13.5. The molecule has 0 radical (unpaired) electrons. The van der Waals surface area contributed by atoms with Crippen LogP contribution in [0.5, 0.6) is 0 Å². The maximum Gasteiger partial charge on any atom is 0.249 e. The Bertz CT molecular complexity index is 780. The van der Waals surface area contributed by atoms with Gasteiger partial charge in [-0.15, -0.1) is 0 Å². The Labute approximate surface area is 134 Å². The van der Waals surface area contributed by atoms with Crippen LogP contribution in [0.4, 0.5) is 15.8 Å². The SMILES string of the molecule is Cc1ccc(N2CCC(Nc3cccc(F)c3C#N)C2=O)cc1. The van der Waals surface area contributed by atoms with Gasteiger partial charge in [-0.25, -0.2) is 4.39 Å². The number of halogens is 1. The summed E-state index contributed by atoms with van der Waals surface area (Å²) in [7, 11) is 0. The zero-order chi connectivity index (χ0) is 16.4. The summed E-state index contributed by atoms with van der Waals surface area (Å²) < 4.78 is 13.6. The van der Waals surface area contributed by atoms with Crippen molar-refractivity contribution in [2.75, 3.05) is 16.8 Å². The summed E-state index contributed by atoms with van der Waals surface area (Å²) in [5.74, 6) is -0.652. The Balaban J connectivity index is 1.79. The summed E-state index contributed by atoms with van der Waals surface area (Å²) in [6.07, 6.45) is 0.605. The van der Waals surface area contributed by atoms with Crippen LogP contribution in [0, 0.1) is 24.1 Å². The van der Waals surface area contributed by atoms with Crippen molar-refractivity contribution in [3.05, 3.63) is 59.4 Å². The van der Waals surface area contributed by atoms with E-state index in [0.717, 1.165) is 11.3 Å². The van der Waals surface area contributed by atoms with Crippen LogP contribution in [0.25, 0.3) is 0 Å². The quantitative estimate of drug-likeness (QED) is 0.947. The minimum atomic E-state index is -0.585. The van der Waals surface area contributed by atoms with Gasteiger partial charge in [-0.05, 0) is 37.6 Å². The molecule has 1 N–H and O–H groups in total. The third-order valence-corrected chi connectivity index (χ3v) is 4.01. The summed E-state index contributed by atoms with van der Waals surface area (Å²) in [6.45, 7) is 2.59. The summed E-state index contributed by atoms with van der Waals surface area (Å²) in [4.78, 5) is 14.3. The standard InChI is InChI=1S/C18H16FN3O/c1-12-5-7-13(8-6-12)22-10-9-17(18(22)23)21-16-4-2-3-15(19)14(16)11-20/h2-8,17,21H,9-10H2,1H3. The van der Waals surface area contributed by atoms with Gasteiger partial charge in [-0.3, -0.25) is 4.79 Å². The van der Waals surface area contributed by atoms with E-state index < -0.39 is 11.9 Å². The van der Waals surface area contributed by atoms with Crippen LogP contribution in [0.2, 0.25) is 0 Å². The number of hydrogen-bond donors (Lipinski definition) is 1. The lowest BCUT2D eigenvalue weighted by atomic mass is 10.1. The van der Waals surface area contributed by atoms with Crippen molar-refractivity contribution >= 4 is 17.3 Å². The summed E-state index contributed by atoms with van der Waals surface area (Å²) in [5.41, 5.74) is 2.28. The van der Waals surface area contributed by atoms with Crippen molar-refractivity contribution in [1.82, 2.24) is 0 Å². The van der Waals surface area contributed by atoms with Gasteiger partial charge in [-0.1, -0.05) is 23.8 Å². The van der Waals surface area contributed by atoms with E-state index in [1.807, 2.05) is 37.3 Å². The van der Waals surface area contributed by atoms with Gasteiger partial charge in [0.1, 0.15) is 23.5 Å². The molecule has 1 saturated heterocycles. The number of anilines is 2. The Hall–Kier alpha value is -2.87. The second-order valence-electron chi connectivity index (χ2n) is 5.59. The lowest BCUT2D eigenvalue weighted by Crippen LogP contribution is -2.33. The highest BCUT2D eigenvalue weighted by molar-refractivity contribution is 6.01. The second kappa shape index (κ2) is 6.09. The first-order valence-corrected chi connectivity index (χ1v) is 7.43. The molecule has 116 valence electrons. The molecular weight excluding hydrogens is 293 g/mol. The van der Waals surface area contributed by atoms with Gasteiger partial charge in [-0.2, -0.15) is 5.26 Å². The number of rotatable bonds is 3. The average molecular weight is 309 g/mol. The van der Waals surface area contributed by atoms with E-state index in [-0.39, 0.29) is 11.5 Å². The average Bonchev–Trinajstić information content (AvgIpc) is 2.90. The molecule has 3 rings (SSSR count). The van der Waals surface area contributed by atoms with Crippen LogP contribution in [0.3, 0.4) is 0 Å². The van der Waals surface area contributed by atoms with Gasteiger partial charge in [0, 0.05) is 12.2 Å². The minimum absolute atomic E-state index is 0.0610. The molecule has 2 aromatic rings. The molecule has 5 heteroatoms. The predicted octanol–water partition coefficient (Wildman–Crippen LogP) is 3.22. The number of nitrogens with zero attached hydrogens (tertiary/aromatic N) is 2. The molecule has 0 bridgehead atoms. The number of benzene rings is 2. The summed E-state index contributed by atoms with van der Waals surface area (Å²) >= 11 is 0. The fourth-order valence-corrected chi connectivity index (χ4v) is 2.74. The third-order valence-electron chi connectivity index (χ3n) is 4.01. The topological polar surface area (TPSA) is 56.1 Å². The second-order valence-corrected chi connectivity index (χ2v) is 5.59. The molecule has 0 aromatic heterocycles. The first-order chi connectivity index (χ1) is 11.1. The maximum atomic E-state index is 13.6. The van der Waals surface area contributed by atoms with Crippen molar-refractivity contribution in [3.63, 3.8) is 0 Å². The zero-order valence-electron chi connectivity index (χ0n) is 12.7. The fourth-order valence-electron chi connectivity index (χ4n) is 2.74. The lowest BCUT2D eigenvalue weighted by Gasteiger charge is -2.18. The van der Waals surface area contributed by atoms with Crippen LogP contribution in [-0.4, -0.2) is 18.5 Å². The Morgan fingerprint density at radius 2 is 2.00 bits per heavy atom. The maximum absolute atomic E-state index is 13.6. The summed E-state index contributed by atoms with van der Waals surface area (Å²) in [5, 5.41) is 12.1. The van der Waals surface area contributed by atoms with Crippen LogP contribution in [0.15, 0.2) is 42.5 Å². The number of hydrogen-bond acceptors (Lipinski definition) is 3. The Kier molecular flexibility index (Phi) is 3.98. The van der Waals surface area contributed by atoms with Gasteiger partial charge in [0.05, 0.1) is 5.69 Å². The lowest BCUT2D eigenvalue weighted by molar-refractivity contribution is -0.117. The highest BCUT2D eigenvalue weighted by atomic mass is 19.1. The molecule has 1 heterocycles. The molecule has 1 unspecified atom stereocenters. The number of nitriles is 1. The van der Waals surface area contributed by atoms with Crippen molar-refractivity contribution in [2.45, 2.75) is 19.4 Å². The van der Waals surface area contributed by atoms with E-state index in [0.29, 0.717) is 18.7 Å². The molecule has 0 spiro atoms. The number of amides is 1. The molecule has 1 aliphatic heterocycles. The van der Waals surface area contributed by atoms with E-state index in [2.05, 4.69) is 5.32 Å². The Morgan fingerprint density at radius 1 is 1.26 bits per heavy atom. The van der Waals surface area contributed by atoms with E-state index in [9.17, 15) is 9.18 Å². The smallest absolute Gasteiger partial charge is 0.249 e.